The zero-order chi connectivity index (χ0) is 11.3. The first-order valence-corrected chi connectivity index (χ1v) is 5.38. The molecule has 1 aromatic carbocycles. The molecule has 2 nitrogen and oxygen atoms in total. The molecule has 0 spiro atoms. The summed E-state index contributed by atoms with van der Waals surface area (Å²) in [7, 11) is 0. The molecule has 0 aliphatic carbocycles. The van der Waals surface area contributed by atoms with Crippen LogP contribution in [0.4, 0.5) is 4.39 Å². The molecule has 3 heteroatoms. The molecule has 1 aromatic rings. The molecule has 0 heterocycles. The van der Waals surface area contributed by atoms with Crippen LogP contribution >= 0.6 is 0 Å². The highest BCUT2D eigenvalue weighted by Crippen LogP contribution is 2.13. The lowest BCUT2D eigenvalue weighted by atomic mass is 10.1. The summed E-state index contributed by atoms with van der Waals surface area (Å²) in [4.78, 5) is 0. The first kappa shape index (κ1) is 12.1. The highest BCUT2D eigenvalue weighted by Gasteiger charge is 2.07. The van der Waals surface area contributed by atoms with E-state index in [1.54, 1.807) is 12.1 Å². The van der Waals surface area contributed by atoms with E-state index < -0.39 is 0 Å². The number of halogens is 1. The van der Waals surface area contributed by atoms with Gasteiger partial charge in [0.05, 0.1) is 0 Å². The fraction of sp³-hybridized carbons (Fsp3) is 0.500. The van der Waals surface area contributed by atoms with Gasteiger partial charge in [0.25, 0.3) is 0 Å². The Balaban J connectivity index is 2.50. The van der Waals surface area contributed by atoms with Crippen LogP contribution in [-0.2, 0) is 0 Å². The van der Waals surface area contributed by atoms with Crippen molar-refractivity contribution in [1.29, 1.82) is 0 Å². The van der Waals surface area contributed by atoms with Gasteiger partial charge in [-0.1, -0.05) is 19.1 Å². The Bertz CT molecular complexity index is 301. The van der Waals surface area contributed by atoms with E-state index in [-0.39, 0.29) is 17.9 Å². The van der Waals surface area contributed by atoms with Gasteiger partial charge in [0, 0.05) is 18.6 Å². The Labute approximate surface area is 90.7 Å². The average molecular weight is 210 g/mol. The molecule has 84 valence electrons. The summed E-state index contributed by atoms with van der Waals surface area (Å²) in [5.74, 6) is -0.194. The van der Waals surface area contributed by atoms with Crippen molar-refractivity contribution in [1.82, 2.24) is 5.32 Å². The maximum atomic E-state index is 12.9. The molecule has 0 aromatic heterocycles. The molecule has 15 heavy (non-hydrogen) atoms. The molecule has 0 radical (unpaired) electrons. The predicted molar refractivity (Wildman–Crippen MR) is 61.1 cm³/mol. The summed E-state index contributed by atoms with van der Waals surface area (Å²) in [6.45, 7) is 4.82. The molecule has 0 aliphatic heterocycles. The van der Waals surface area contributed by atoms with Gasteiger partial charge >= 0.3 is 0 Å². The van der Waals surface area contributed by atoms with E-state index in [1.165, 1.54) is 6.07 Å². The van der Waals surface area contributed by atoms with Crippen molar-refractivity contribution in [3.63, 3.8) is 0 Å². The van der Waals surface area contributed by atoms with Crippen LogP contribution in [0.15, 0.2) is 24.3 Å². The van der Waals surface area contributed by atoms with E-state index in [9.17, 15) is 4.39 Å². The summed E-state index contributed by atoms with van der Waals surface area (Å²) >= 11 is 0. The van der Waals surface area contributed by atoms with E-state index >= 15 is 0 Å². The zero-order valence-electron chi connectivity index (χ0n) is 9.33. The van der Waals surface area contributed by atoms with Crippen LogP contribution in [0, 0.1) is 5.82 Å². The molecule has 0 saturated heterocycles. The Morgan fingerprint density at radius 2 is 2.20 bits per heavy atom. The van der Waals surface area contributed by atoms with Crippen molar-refractivity contribution in [2.24, 2.45) is 5.73 Å². The number of hydrogen-bond donors (Lipinski definition) is 2. The molecule has 3 N–H and O–H groups in total. The van der Waals surface area contributed by atoms with Gasteiger partial charge in [0.15, 0.2) is 0 Å². The average Bonchev–Trinajstić information content (AvgIpc) is 2.25. The number of nitrogens with one attached hydrogen (secondary N) is 1. The van der Waals surface area contributed by atoms with E-state index in [4.69, 9.17) is 5.73 Å². The number of benzene rings is 1. The first-order chi connectivity index (χ1) is 7.13. The van der Waals surface area contributed by atoms with E-state index in [0.29, 0.717) is 0 Å². The van der Waals surface area contributed by atoms with Gasteiger partial charge in [-0.3, -0.25) is 0 Å². The van der Waals surface area contributed by atoms with E-state index in [0.717, 1.165) is 18.5 Å². The Morgan fingerprint density at radius 3 is 2.80 bits per heavy atom. The van der Waals surface area contributed by atoms with Gasteiger partial charge in [0.2, 0.25) is 0 Å². The first-order valence-electron chi connectivity index (χ1n) is 5.38. The molecule has 1 rings (SSSR count). The van der Waals surface area contributed by atoms with Gasteiger partial charge < -0.3 is 11.1 Å². The number of hydrogen-bond acceptors (Lipinski definition) is 2. The summed E-state index contributed by atoms with van der Waals surface area (Å²) in [5.41, 5.74) is 6.75. The Hall–Kier alpha value is -0.930. The van der Waals surface area contributed by atoms with Gasteiger partial charge in [-0.25, -0.2) is 4.39 Å². The summed E-state index contributed by atoms with van der Waals surface area (Å²) < 4.78 is 12.9. The molecule has 2 unspecified atom stereocenters. The molecular weight excluding hydrogens is 191 g/mol. The summed E-state index contributed by atoms with van der Waals surface area (Å²) in [6, 6.07) is 6.95. The third-order valence-electron chi connectivity index (χ3n) is 2.56. The van der Waals surface area contributed by atoms with Gasteiger partial charge in [-0.2, -0.15) is 0 Å². The van der Waals surface area contributed by atoms with Crippen LogP contribution in [0.5, 0.6) is 0 Å². The lowest BCUT2D eigenvalue weighted by molar-refractivity contribution is 0.505. The van der Waals surface area contributed by atoms with Gasteiger partial charge in [-0.15, -0.1) is 0 Å². The lowest BCUT2D eigenvalue weighted by Gasteiger charge is -2.17. The third-order valence-corrected chi connectivity index (χ3v) is 2.56. The van der Waals surface area contributed by atoms with Gasteiger partial charge in [0.1, 0.15) is 5.82 Å². The second-order valence-electron chi connectivity index (χ2n) is 3.85. The van der Waals surface area contributed by atoms with Crippen molar-refractivity contribution in [3.05, 3.63) is 35.6 Å². The summed E-state index contributed by atoms with van der Waals surface area (Å²) in [5, 5.41) is 3.29. The van der Waals surface area contributed by atoms with Crippen molar-refractivity contribution in [3.8, 4) is 0 Å². The van der Waals surface area contributed by atoms with Crippen molar-refractivity contribution in [2.45, 2.75) is 32.4 Å². The van der Waals surface area contributed by atoms with Crippen LogP contribution in [0.1, 0.15) is 31.9 Å². The van der Waals surface area contributed by atoms with E-state index in [2.05, 4.69) is 12.2 Å². The smallest absolute Gasteiger partial charge is 0.123 e. The normalized spacial score (nSPS) is 14.9. The fourth-order valence-electron chi connectivity index (χ4n) is 1.37. The highest BCUT2D eigenvalue weighted by molar-refractivity contribution is 5.19. The maximum absolute atomic E-state index is 12.9. The van der Waals surface area contributed by atoms with Crippen molar-refractivity contribution < 1.29 is 4.39 Å². The zero-order valence-corrected chi connectivity index (χ0v) is 9.33. The summed E-state index contributed by atoms with van der Waals surface area (Å²) in [6.07, 6.45) is 0.947. The van der Waals surface area contributed by atoms with Crippen LogP contribution in [0.2, 0.25) is 0 Å². The van der Waals surface area contributed by atoms with Crippen LogP contribution < -0.4 is 11.1 Å². The molecular formula is C12H19FN2. The monoisotopic (exact) mass is 210 g/mol. The predicted octanol–water partition coefficient (Wildman–Crippen LogP) is 2.21. The fourth-order valence-corrected chi connectivity index (χ4v) is 1.37. The van der Waals surface area contributed by atoms with Crippen LogP contribution in [-0.4, -0.2) is 12.6 Å². The quantitative estimate of drug-likeness (QED) is 0.782. The minimum Gasteiger partial charge on any atom is -0.327 e. The minimum absolute atomic E-state index is 0.137. The van der Waals surface area contributed by atoms with Crippen LogP contribution in [0.25, 0.3) is 0 Å². The van der Waals surface area contributed by atoms with E-state index in [1.807, 2.05) is 13.0 Å². The van der Waals surface area contributed by atoms with Crippen LogP contribution in [0.3, 0.4) is 0 Å². The Kier molecular flexibility index (Phi) is 4.72. The highest BCUT2D eigenvalue weighted by atomic mass is 19.1. The topological polar surface area (TPSA) is 38.0 Å². The molecule has 0 fully saturated rings. The van der Waals surface area contributed by atoms with Crippen molar-refractivity contribution >= 4 is 0 Å². The second-order valence-corrected chi connectivity index (χ2v) is 3.85. The lowest BCUT2D eigenvalue weighted by Crippen LogP contribution is -2.34. The Morgan fingerprint density at radius 1 is 1.47 bits per heavy atom. The molecule has 0 amide bonds. The molecule has 0 aliphatic rings. The van der Waals surface area contributed by atoms with Crippen molar-refractivity contribution in [2.75, 3.05) is 6.54 Å². The third kappa shape index (κ3) is 3.98. The molecule has 2 atom stereocenters. The largest absolute Gasteiger partial charge is 0.327 e. The van der Waals surface area contributed by atoms with Gasteiger partial charge in [-0.05, 0) is 31.0 Å². The number of rotatable bonds is 5. The standard InChI is InChI=1S/C12H19FN2/c1-3-12(14)8-15-9(2)10-5-4-6-11(13)7-10/h4-7,9,12,15H,3,8,14H2,1-2H3. The SMILES string of the molecule is CCC(N)CNC(C)c1cccc(F)c1. The minimum atomic E-state index is -0.194. The molecule has 0 bridgehead atoms. The second kappa shape index (κ2) is 5.83. The molecule has 0 saturated carbocycles. The maximum Gasteiger partial charge on any atom is 0.123 e. The number of nitrogens with two attached hydrogens (primary N) is 1.